The van der Waals surface area contributed by atoms with Gasteiger partial charge in [0, 0.05) is 6.61 Å². The van der Waals surface area contributed by atoms with Crippen LogP contribution in [0.25, 0.3) is 0 Å². The summed E-state index contributed by atoms with van der Waals surface area (Å²) in [7, 11) is 0. The van der Waals surface area contributed by atoms with Crippen LogP contribution in [0.3, 0.4) is 0 Å². The van der Waals surface area contributed by atoms with Crippen LogP contribution in [0.5, 0.6) is 0 Å². The van der Waals surface area contributed by atoms with Gasteiger partial charge in [-0.2, -0.15) is 0 Å². The molecule has 0 fully saturated rings. The molecule has 0 aromatic rings. The maximum absolute atomic E-state index is 4.77. The summed E-state index contributed by atoms with van der Waals surface area (Å²) < 4.78 is 4.77. The van der Waals surface area contributed by atoms with E-state index >= 15 is 0 Å². The molecule has 6 heavy (non-hydrogen) atoms. The van der Waals surface area contributed by atoms with Gasteiger partial charge >= 0.3 is 0 Å². The Labute approximate surface area is 46.8 Å². The first-order valence-corrected chi connectivity index (χ1v) is 2.87. The van der Waals surface area contributed by atoms with Gasteiger partial charge in [0.1, 0.15) is 5.52 Å². The van der Waals surface area contributed by atoms with Gasteiger partial charge in [0.2, 0.25) is 0 Å². The van der Waals surface area contributed by atoms with Gasteiger partial charge in [0.25, 0.3) is 0 Å². The van der Waals surface area contributed by atoms with Crippen molar-refractivity contribution in [3.8, 4) is 0 Å². The van der Waals surface area contributed by atoms with E-state index in [9.17, 15) is 0 Å². The second-order valence-corrected chi connectivity index (χ2v) is 1.33. The van der Waals surface area contributed by atoms with Crippen LogP contribution < -0.4 is 0 Å². The number of rotatable bonds is 3. The zero-order valence-corrected chi connectivity index (χ0v) is 5.36. The number of hydrogen-bond acceptors (Lipinski definition) is 1. The summed E-state index contributed by atoms with van der Waals surface area (Å²) in [5, 5.41) is 0. The molecule has 0 amide bonds. The van der Waals surface area contributed by atoms with Crippen molar-refractivity contribution >= 4 is 15.9 Å². The molecule has 2 heteroatoms. The van der Waals surface area contributed by atoms with Gasteiger partial charge in [0.05, 0.1) is 0 Å². The average molecular weight is 152 g/mol. The van der Waals surface area contributed by atoms with Crippen molar-refractivity contribution in [2.45, 2.75) is 13.3 Å². The summed E-state index contributed by atoms with van der Waals surface area (Å²) in [6.07, 6.45) is 1.07. The van der Waals surface area contributed by atoms with Gasteiger partial charge in [-0.3, -0.25) is 0 Å². The van der Waals surface area contributed by atoms with E-state index in [4.69, 9.17) is 4.74 Å². The minimum Gasteiger partial charge on any atom is -0.363 e. The van der Waals surface area contributed by atoms with Crippen LogP contribution in [0, 0.1) is 5.52 Å². The number of hydrogen-bond donors (Lipinski definition) is 0. The van der Waals surface area contributed by atoms with Crippen LogP contribution in [-0.4, -0.2) is 6.61 Å². The lowest BCUT2D eigenvalue weighted by Crippen LogP contribution is -1.81. The van der Waals surface area contributed by atoms with Crippen LogP contribution >= 0.6 is 15.9 Å². The van der Waals surface area contributed by atoms with Gasteiger partial charge in [-0.05, 0) is 6.42 Å². The maximum Gasteiger partial charge on any atom is 0.148 e. The Hall–Kier alpha value is 0.440. The molecule has 0 aromatic heterocycles. The van der Waals surface area contributed by atoms with Crippen LogP contribution in [-0.2, 0) is 4.74 Å². The molecule has 37 valence electrons. The van der Waals surface area contributed by atoms with E-state index in [-0.39, 0.29) is 0 Å². The molecule has 0 aliphatic rings. The predicted octanol–water partition coefficient (Wildman–Crippen LogP) is 1.93. The Balaban J connectivity index is 2.34. The molecule has 0 spiro atoms. The Kier molecular flexibility index (Phi) is 5.84. The average Bonchev–Trinajstić information content (AvgIpc) is 1.61. The maximum atomic E-state index is 4.77. The summed E-state index contributed by atoms with van der Waals surface area (Å²) in [5.74, 6) is 0. The van der Waals surface area contributed by atoms with E-state index in [1.54, 1.807) is 0 Å². The van der Waals surface area contributed by atoms with Crippen LogP contribution in [0.15, 0.2) is 0 Å². The SMILES string of the molecule is CCCO[CH]Br. The third-order valence-corrected chi connectivity index (χ3v) is 0.649. The van der Waals surface area contributed by atoms with Crippen molar-refractivity contribution in [1.29, 1.82) is 0 Å². The third-order valence-electron chi connectivity index (χ3n) is 0.385. The molecule has 0 bridgehead atoms. The molecule has 0 atom stereocenters. The largest absolute Gasteiger partial charge is 0.363 e. The first-order valence-electron chi connectivity index (χ1n) is 1.95. The zero-order chi connectivity index (χ0) is 4.83. The summed E-state index contributed by atoms with van der Waals surface area (Å²) in [4.78, 5) is 0. The fourth-order valence-electron chi connectivity index (χ4n) is 0.162. The predicted molar refractivity (Wildman–Crippen MR) is 29.5 cm³/mol. The second-order valence-electron chi connectivity index (χ2n) is 0.960. The van der Waals surface area contributed by atoms with E-state index in [2.05, 4.69) is 22.9 Å². The minimum atomic E-state index is 0.811. The lowest BCUT2D eigenvalue weighted by Gasteiger charge is -1.89. The van der Waals surface area contributed by atoms with Crippen molar-refractivity contribution in [3.63, 3.8) is 0 Å². The molecule has 0 N–H and O–H groups in total. The summed E-state index contributed by atoms with van der Waals surface area (Å²) in [5.41, 5.74) is 1.52. The Morgan fingerprint density at radius 3 is 2.67 bits per heavy atom. The smallest absolute Gasteiger partial charge is 0.148 e. The van der Waals surface area contributed by atoms with Gasteiger partial charge in [-0.1, -0.05) is 22.9 Å². The highest BCUT2D eigenvalue weighted by atomic mass is 79.9. The first-order chi connectivity index (χ1) is 2.91. The Morgan fingerprint density at radius 2 is 2.50 bits per heavy atom. The molecule has 0 unspecified atom stereocenters. The molecule has 0 aromatic carbocycles. The molecule has 1 nitrogen and oxygen atoms in total. The monoisotopic (exact) mass is 151 g/mol. The highest BCUT2D eigenvalue weighted by molar-refractivity contribution is 9.10. The van der Waals surface area contributed by atoms with E-state index in [0.29, 0.717) is 0 Å². The molecule has 0 aliphatic carbocycles. The molecule has 0 heterocycles. The van der Waals surface area contributed by atoms with Crippen molar-refractivity contribution in [2.75, 3.05) is 6.61 Å². The molecule has 0 rings (SSSR count). The summed E-state index contributed by atoms with van der Waals surface area (Å²) in [6, 6.07) is 0. The van der Waals surface area contributed by atoms with Crippen molar-refractivity contribution < 1.29 is 4.74 Å². The van der Waals surface area contributed by atoms with E-state index in [1.165, 1.54) is 5.52 Å². The van der Waals surface area contributed by atoms with Gasteiger partial charge in [-0.15, -0.1) is 0 Å². The van der Waals surface area contributed by atoms with Crippen molar-refractivity contribution in [3.05, 3.63) is 5.52 Å². The van der Waals surface area contributed by atoms with Crippen LogP contribution in [0.2, 0.25) is 0 Å². The topological polar surface area (TPSA) is 9.23 Å². The Morgan fingerprint density at radius 1 is 1.83 bits per heavy atom. The summed E-state index contributed by atoms with van der Waals surface area (Å²) in [6.45, 7) is 2.88. The lowest BCUT2D eigenvalue weighted by molar-refractivity contribution is 0.233. The van der Waals surface area contributed by atoms with Gasteiger partial charge in [0.15, 0.2) is 0 Å². The quantitative estimate of drug-likeness (QED) is 0.561. The third kappa shape index (κ3) is 4.44. The molecule has 0 saturated carbocycles. The van der Waals surface area contributed by atoms with Gasteiger partial charge < -0.3 is 4.74 Å². The summed E-state index contributed by atoms with van der Waals surface area (Å²) >= 11 is 3.00. The molecule has 1 radical (unpaired) electrons. The van der Waals surface area contributed by atoms with E-state index < -0.39 is 0 Å². The Bertz CT molecular complexity index is 19.5. The van der Waals surface area contributed by atoms with Crippen molar-refractivity contribution in [2.24, 2.45) is 0 Å². The van der Waals surface area contributed by atoms with E-state index in [0.717, 1.165) is 13.0 Å². The number of halogens is 1. The van der Waals surface area contributed by atoms with Crippen molar-refractivity contribution in [1.82, 2.24) is 0 Å². The fourth-order valence-corrected chi connectivity index (χ4v) is 0.349. The first kappa shape index (κ1) is 6.44. The second kappa shape index (κ2) is 5.44. The zero-order valence-electron chi connectivity index (χ0n) is 3.78. The van der Waals surface area contributed by atoms with Crippen LogP contribution in [0.4, 0.5) is 0 Å². The molecule has 0 saturated heterocycles. The molecule has 0 aliphatic heterocycles. The van der Waals surface area contributed by atoms with E-state index in [1.807, 2.05) is 0 Å². The normalized spacial score (nSPS) is 9.00. The molecular weight excluding hydrogens is 144 g/mol. The molecular formula is C4H8BrO. The highest BCUT2D eigenvalue weighted by Crippen LogP contribution is 1.90. The fraction of sp³-hybridized carbons (Fsp3) is 0.750. The van der Waals surface area contributed by atoms with Crippen LogP contribution in [0.1, 0.15) is 13.3 Å². The standard InChI is InChI=1S/C4H8BrO/c1-2-3-6-4-5/h4H,2-3H2,1H3. The highest BCUT2D eigenvalue weighted by Gasteiger charge is 1.75. The van der Waals surface area contributed by atoms with Gasteiger partial charge in [-0.25, -0.2) is 0 Å². The minimum absolute atomic E-state index is 0.811. The number of ether oxygens (including phenoxy) is 1. The lowest BCUT2D eigenvalue weighted by atomic mass is 10.5.